The highest BCUT2D eigenvalue weighted by Crippen LogP contribution is 2.31. The van der Waals surface area contributed by atoms with E-state index in [0.29, 0.717) is 11.8 Å². The molecule has 0 saturated carbocycles. The van der Waals surface area contributed by atoms with Gasteiger partial charge in [-0.05, 0) is 64.7 Å². The minimum atomic E-state index is -1.10. The summed E-state index contributed by atoms with van der Waals surface area (Å²) in [5.41, 5.74) is 0. The summed E-state index contributed by atoms with van der Waals surface area (Å²) in [6, 6.07) is 0. The van der Waals surface area contributed by atoms with Gasteiger partial charge in [0.2, 0.25) is 0 Å². The quantitative estimate of drug-likeness (QED) is 0.633. The van der Waals surface area contributed by atoms with Crippen molar-refractivity contribution in [1.82, 2.24) is 9.80 Å². The molecule has 2 saturated heterocycles. The third kappa shape index (κ3) is 6.78. The van der Waals surface area contributed by atoms with Gasteiger partial charge < -0.3 is 19.6 Å². The number of piperidine rings is 2. The van der Waals surface area contributed by atoms with E-state index in [0.717, 1.165) is 52.1 Å². The maximum Gasteiger partial charge on any atom is 0.506 e. The molecule has 2 heterocycles. The molecule has 2 unspecified atom stereocenters. The van der Waals surface area contributed by atoms with E-state index < -0.39 is 6.16 Å². The molecule has 2 aliphatic rings. The zero-order valence-corrected chi connectivity index (χ0v) is 16.3. The van der Waals surface area contributed by atoms with Crippen molar-refractivity contribution in [1.29, 1.82) is 0 Å². The van der Waals surface area contributed by atoms with Crippen LogP contribution in [0.25, 0.3) is 0 Å². The Morgan fingerprint density at radius 1 is 1.00 bits per heavy atom. The highest BCUT2D eigenvalue weighted by atomic mass is 16.7. The van der Waals surface area contributed by atoms with Gasteiger partial charge in [-0.25, -0.2) is 4.79 Å². The van der Waals surface area contributed by atoms with Crippen molar-refractivity contribution in [3.05, 3.63) is 0 Å². The summed E-state index contributed by atoms with van der Waals surface area (Å²) in [4.78, 5) is 16.4. The molecule has 0 aromatic rings. The SMILES string of the molecule is CCCCN1CCCC(C(OC(=O)O)C2CCCN(CCCC)C2)C1. The molecule has 0 spiro atoms. The topological polar surface area (TPSA) is 53.0 Å². The molecule has 5 nitrogen and oxygen atoms in total. The fourth-order valence-corrected chi connectivity index (χ4v) is 4.58. The van der Waals surface area contributed by atoms with E-state index in [1.165, 1.54) is 38.5 Å². The molecule has 0 aliphatic carbocycles. The Bertz CT molecular complexity index is 363. The summed E-state index contributed by atoms with van der Waals surface area (Å²) in [5.74, 6) is 0.718. The second-order valence-corrected chi connectivity index (χ2v) is 7.96. The normalized spacial score (nSPS) is 27.1. The fraction of sp³-hybridized carbons (Fsp3) is 0.950. The fourth-order valence-electron chi connectivity index (χ4n) is 4.58. The van der Waals surface area contributed by atoms with E-state index in [-0.39, 0.29) is 6.10 Å². The first-order chi connectivity index (χ1) is 12.1. The van der Waals surface area contributed by atoms with Crippen LogP contribution in [0.2, 0.25) is 0 Å². The minimum absolute atomic E-state index is 0.133. The van der Waals surface area contributed by atoms with E-state index in [1.807, 2.05) is 0 Å². The minimum Gasteiger partial charge on any atom is -0.450 e. The number of hydrogen-bond donors (Lipinski definition) is 1. The van der Waals surface area contributed by atoms with Gasteiger partial charge in [0.25, 0.3) is 0 Å². The summed E-state index contributed by atoms with van der Waals surface area (Å²) in [5, 5.41) is 9.31. The number of hydrogen-bond acceptors (Lipinski definition) is 4. The Hall–Kier alpha value is -0.810. The van der Waals surface area contributed by atoms with Crippen LogP contribution in [0.3, 0.4) is 0 Å². The van der Waals surface area contributed by atoms with Crippen LogP contribution in [0, 0.1) is 11.8 Å². The Balaban J connectivity index is 1.98. The Morgan fingerprint density at radius 3 is 1.88 bits per heavy atom. The highest BCUT2D eigenvalue weighted by molar-refractivity contribution is 5.57. The number of rotatable bonds is 9. The van der Waals surface area contributed by atoms with E-state index in [9.17, 15) is 9.90 Å². The average Bonchev–Trinajstić information content (AvgIpc) is 2.63. The number of likely N-dealkylation sites (tertiary alicyclic amines) is 2. The van der Waals surface area contributed by atoms with Gasteiger partial charge in [0.15, 0.2) is 0 Å². The number of ether oxygens (including phenoxy) is 1. The maximum absolute atomic E-state index is 11.4. The summed E-state index contributed by atoms with van der Waals surface area (Å²) < 4.78 is 5.50. The van der Waals surface area contributed by atoms with Gasteiger partial charge in [-0.3, -0.25) is 0 Å². The molecule has 2 fully saturated rings. The number of carboxylic acid groups (broad SMARTS) is 1. The number of unbranched alkanes of at least 4 members (excludes halogenated alkanes) is 2. The number of carbonyl (C=O) groups is 1. The third-order valence-corrected chi connectivity index (χ3v) is 5.91. The maximum atomic E-state index is 11.4. The van der Waals surface area contributed by atoms with Gasteiger partial charge in [0.05, 0.1) is 0 Å². The van der Waals surface area contributed by atoms with Crippen molar-refractivity contribution in [2.24, 2.45) is 11.8 Å². The van der Waals surface area contributed by atoms with Gasteiger partial charge >= 0.3 is 6.16 Å². The Kier molecular flexibility index (Phi) is 9.04. The monoisotopic (exact) mass is 354 g/mol. The predicted octanol–water partition coefficient (Wildman–Crippen LogP) is 4.07. The van der Waals surface area contributed by atoms with E-state index in [2.05, 4.69) is 23.6 Å². The molecule has 0 radical (unpaired) electrons. The Morgan fingerprint density at radius 2 is 1.48 bits per heavy atom. The lowest BCUT2D eigenvalue weighted by Gasteiger charge is -2.42. The molecule has 5 heteroatoms. The van der Waals surface area contributed by atoms with Crippen LogP contribution < -0.4 is 0 Å². The largest absolute Gasteiger partial charge is 0.506 e. The first-order valence-corrected chi connectivity index (χ1v) is 10.5. The summed E-state index contributed by atoms with van der Waals surface area (Å²) in [6.45, 7) is 11.1. The van der Waals surface area contributed by atoms with Crippen LogP contribution in [0.4, 0.5) is 4.79 Å². The smallest absolute Gasteiger partial charge is 0.450 e. The van der Waals surface area contributed by atoms with E-state index >= 15 is 0 Å². The molecule has 2 aliphatic heterocycles. The lowest BCUT2D eigenvalue weighted by Crippen LogP contribution is -2.49. The van der Waals surface area contributed by atoms with E-state index in [1.54, 1.807) is 0 Å². The molecule has 2 rings (SSSR count). The standard InChI is InChI=1S/C20H38N2O3/c1-3-5-11-21-13-7-9-17(15-21)19(25-20(23)24)18-10-8-14-22(16-18)12-6-4-2/h17-19H,3-16H2,1-2H3,(H,23,24). The molecule has 146 valence electrons. The molecule has 0 amide bonds. The van der Waals surface area contributed by atoms with Gasteiger partial charge in [-0.15, -0.1) is 0 Å². The second kappa shape index (κ2) is 11.0. The molecular formula is C20H38N2O3. The van der Waals surface area contributed by atoms with Gasteiger partial charge in [-0.2, -0.15) is 0 Å². The van der Waals surface area contributed by atoms with Crippen molar-refractivity contribution in [3.8, 4) is 0 Å². The molecule has 0 aromatic carbocycles. The average molecular weight is 355 g/mol. The van der Waals surface area contributed by atoms with Crippen molar-refractivity contribution in [2.75, 3.05) is 39.3 Å². The molecule has 1 N–H and O–H groups in total. The van der Waals surface area contributed by atoms with Crippen molar-refractivity contribution < 1.29 is 14.6 Å². The Labute approximate surface area is 153 Å². The molecule has 0 aromatic heterocycles. The number of nitrogens with zero attached hydrogens (tertiary/aromatic N) is 2. The summed E-state index contributed by atoms with van der Waals surface area (Å²) in [7, 11) is 0. The molecular weight excluding hydrogens is 316 g/mol. The highest BCUT2D eigenvalue weighted by Gasteiger charge is 2.37. The first kappa shape index (κ1) is 20.5. The lowest BCUT2D eigenvalue weighted by atomic mass is 9.81. The summed E-state index contributed by atoms with van der Waals surface area (Å²) in [6.07, 6.45) is 8.19. The molecule has 0 bridgehead atoms. The lowest BCUT2D eigenvalue weighted by molar-refractivity contribution is -0.0438. The van der Waals surface area contributed by atoms with Gasteiger partial charge in [0.1, 0.15) is 6.10 Å². The second-order valence-electron chi connectivity index (χ2n) is 7.96. The van der Waals surface area contributed by atoms with Crippen LogP contribution in [0.5, 0.6) is 0 Å². The first-order valence-electron chi connectivity index (χ1n) is 10.5. The van der Waals surface area contributed by atoms with Crippen molar-refractivity contribution in [2.45, 2.75) is 71.3 Å². The zero-order chi connectivity index (χ0) is 18.1. The van der Waals surface area contributed by atoms with Crippen LogP contribution in [-0.2, 0) is 4.74 Å². The van der Waals surface area contributed by atoms with Crippen LogP contribution in [0.15, 0.2) is 0 Å². The summed E-state index contributed by atoms with van der Waals surface area (Å²) >= 11 is 0. The van der Waals surface area contributed by atoms with Crippen LogP contribution in [-0.4, -0.2) is 66.4 Å². The van der Waals surface area contributed by atoms with Crippen molar-refractivity contribution >= 4 is 6.16 Å². The molecule has 2 atom stereocenters. The van der Waals surface area contributed by atoms with Gasteiger partial charge in [0, 0.05) is 24.9 Å². The third-order valence-electron chi connectivity index (χ3n) is 5.91. The predicted molar refractivity (Wildman–Crippen MR) is 101 cm³/mol. The van der Waals surface area contributed by atoms with E-state index in [4.69, 9.17) is 4.74 Å². The van der Waals surface area contributed by atoms with Gasteiger partial charge in [-0.1, -0.05) is 26.7 Å². The van der Waals surface area contributed by atoms with Crippen LogP contribution in [0.1, 0.15) is 65.2 Å². The molecule has 25 heavy (non-hydrogen) atoms. The zero-order valence-electron chi connectivity index (χ0n) is 16.3. The van der Waals surface area contributed by atoms with Crippen molar-refractivity contribution in [3.63, 3.8) is 0 Å². The van der Waals surface area contributed by atoms with Crippen LogP contribution >= 0.6 is 0 Å².